The average Bonchev–Trinajstić information content (AvgIpc) is 3.16. The van der Waals surface area contributed by atoms with Gasteiger partial charge in [-0.15, -0.1) is 0 Å². The number of benzene rings is 1. The molecule has 2 amide bonds. The van der Waals surface area contributed by atoms with Gasteiger partial charge in [-0.25, -0.2) is 4.79 Å². The van der Waals surface area contributed by atoms with Crippen molar-refractivity contribution in [3.63, 3.8) is 0 Å². The van der Waals surface area contributed by atoms with Crippen LogP contribution in [0.15, 0.2) is 30.3 Å². The van der Waals surface area contributed by atoms with Gasteiger partial charge in [0.2, 0.25) is 0 Å². The van der Waals surface area contributed by atoms with Crippen LogP contribution in [0, 0.1) is 5.92 Å². The number of ether oxygens (including phenoxy) is 2. The number of carbonyl (C=O) groups excluding carboxylic acids is 1. The second kappa shape index (κ2) is 9.01. The van der Waals surface area contributed by atoms with Gasteiger partial charge < -0.3 is 20.1 Å². The first-order chi connectivity index (χ1) is 11.8. The summed E-state index contributed by atoms with van der Waals surface area (Å²) in [7, 11) is 0. The summed E-state index contributed by atoms with van der Waals surface area (Å²) in [5.41, 5.74) is 1.10. The van der Waals surface area contributed by atoms with E-state index in [9.17, 15) is 4.79 Å². The second-order valence-electron chi connectivity index (χ2n) is 6.39. The Bertz CT molecular complexity index is 499. The molecule has 24 heavy (non-hydrogen) atoms. The fourth-order valence-corrected chi connectivity index (χ4v) is 3.40. The Morgan fingerprint density at radius 2 is 1.92 bits per heavy atom. The summed E-state index contributed by atoms with van der Waals surface area (Å²) in [6.07, 6.45) is 1.06. The first-order valence-electron chi connectivity index (χ1n) is 8.78. The molecule has 0 spiro atoms. The molecule has 0 radical (unpaired) electrons. The van der Waals surface area contributed by atoms with Crippen LogP contribution in [0.4, 0.5) is 4.79 Å². The van der Waals surface area contributed by atoms with Gasteiger partial charge >= 0.3 is 6.03 Å². The quantitative estimate of drug-likeness (QED) is 0.822. The number of carbonyl (C=O) groups is 1. The van der Waals surface area contributed by atoms with Gasteiger partial charge in [-0.1, -0.05) is 30.3 Å². The minimum Gasteiger partial charge on any atom is -0.381 e. The third-order valence-corrected chi connectivity index (χ3v) is 4.79. The van der Waals surface area contributed by atoms with Crippen molar-refractivity contribution in [3.05, 3.63) is 35.9 Å². The number of nitrogens with one attached hydrogen (secondary N) is 2. The molecule has 0 aromatic heterocycles. The summed E-state index contributed by atoms with van der Waals surface area (Å²) in [5, 5.41) is 5.96. The van der Waals surface area contributed by atoms with Crippen molar-refractivity contribution in [1.29, 1.82) is 0 Å². The van der Waals surface area contributed by atoms with E-state index in [-0.39, 0.29) is 6.03 Å². The Hall–Kier alpha value is -1.63. The van der Waals surface area contributed by atoms with Crippen molar-refractivity contribution < 1.29 is 14.3 Å². The van der Waals surface area contributed by atoms with Crippen molar-refractivity contribution in [2.75, 3.05) is 46.1 Å². The van der Waals surface area contributed by atoms with Gasteiger partial charge in [0.1, 0.15) is 0 Å². The zero-order chi connectivity index (χ0) is 16.6. The zero-order valence-corrected chi connectivity index (χ0v) is 14.1. The summed E-state index contributed by atoms with van der Waals surface area (Å²) in [5.74, 6) is 0.484. The SMILES string of the molecule is O=C(NCc1ccccc1)NC[C@H]([C@@H]1CCOC1)N1CCOCC1. The van der Waals surface area contributed by atoms with E-state index in [1.807, 2.05) is 30.3 Å². The highest BCUT2D eigenvalue weighted by Gasteiger charge is 2.31. The molecule has 3 rings (SSSR count). The number of hydrogen-bond acceptors (Lipinski definition) is 4. The molecule has 0 unspecified atom stereocenters. The van der Waals surface area contributed by atoms with Gasteiger partial charge in [0.05, 0.1) is 19.8 Å². The van der Waals surface area contributed by atoms with Gasteiger partial charge in [0, 0.05) is 44.7 Å². The van der Waals surface area contributed by atoms with E-state index in [1.54, 1.807) is 0 Å². The number of urea groups is 1. The minimum atomic E-state index is -0.115. The molecule has 1 aromatic rings. The Morgan fingerprint density at radius 3 is 2.62 bits per heavy atom. The Balaban J connectivity index is 1.47. The molecule has 2 aliphatic heterocycles. The zero-order valence-electron chi connectivity index (χ0n) is 14.1. The maximum Gasteiger partial charge on any atom is 0.315 e. The molecule has 6 heteroatoms. The van der Waals surface area contributed by atoms with Crippen LogP contribution in [0.5, 0.6) is 0 Å². The average molecular weight is 333 g/mol. The smallest absolute Gasteiger partial charge is 0.315 e. The number of morpholine rings is 1. The molecule has 132 valence electrons. The summed E-state index contributed by atoms with van der Waals surface area (Å²) in [6.45, 7) is 6.19. The van der Waals surface area contributed by atoms with Crippen molar-refractivity contribution in [2.45, 2.75) is 19.0 Å². The predicted molar refractivity (Wildman–Crippen MR) is 91.8 cm³/mol. The second-order valence-corrected chi connectivity index (χ2v) is 6.39. The van der Waals surface area contributed by atoms with E-state index in [0.29, 0.717) is 25.0 Å². The van der Waals surface area contributed by atoms with E-state index in [2.05, 4.69) is 15.5 Å². The molecule has 0 saturated carbocycles. The van der Waals surface area contributed by atoms with E-state index in [0.717, 1.165) is 51.5 Å². The lowest BCUT2D eigenvalue weighted by Crippen LogP contribution is -2.53. The molecule has 2 N–H and O–H groups in total. The van der Waals surface area contributed by atoms with Crippen LogP contribution < -0.4 is 10.6 Å². The molecular formula is C18H27N3O3. The predicted octanol–water partition coefficient (Wildman–Crippen LogP) is 1.22. The molecule has 0 bridgehead atoms. The third-order valence-electron chi connectivity index (χ3n) is 4.79. The van der Waals surface area contributed by atoms with Gasteiger partial charge in [0.25, 0.3) is 0 Å². The van der Waals surface area contributed by atoms with E-state index >= 15 is 0 Å². The largest absolute Gasteiger partial charge is 0.381 e. The maximum absolute atomic E-state index is 12.1. The molecule has 2 aliphatic rings. The van der Waals surface area contributed by atoms with Crippen LogP contribution in [0.3, 0.4) is 0 Å². The van der Waals surface area contributed by atoms with Crippen LogP contribution in [-0.4, -0.2) is 63.0 Å². The van der Waals surface area contributed by atoms with Crippen molar-refractivity contribution >= 4 is 6.03 Å². The molecule has 2 saturated heterocycles. The Labute approximate surface area is 143 Å². The lowest BCUT2D eigenvalue weighted by molar-refractivity contribution is 0.00212. The van der Waals surface area contributed by atoms with Crippen molar-refractivity contribution in [3.8, 4) is 0 Å². The summed E-state index contributed by atoms with van der Waals surface area (Å²) in [6, 6.07) is 10.1. The first-order valence-corrected chi connectivity index (χ1v) is 8.78. The molecule has 2 fully saturated rings. The number of nitrogens with zero attached hydrogens (tertiary/aromatic N) is 1. The first kappa shape index (κ1) is 17.2. The van der Waals surface area contributed by atoms with Gasteiger partial charge in [0.15, 0.2) is 0 Å². The molecular weight excluding hydrogens is 306 g/mol. The summed E-state index contributed by atoms with van der Waals surface area (Å²) >= 11 is 0. The third kappa shape index (κ3) is 4.93. The van der Waals surface area contributed by atoms with Crippen LogP contribution >= 0.6 is 0 Å². The normalized spacial score (nSPS) is 22.9. The van der Waals surface area contributed by atoms with E-state index in [4.69, 9.17) is 9.47 Å². The molecule has 1 aromatic carbocycles. The van der Waals surface area contributed by atoms with Gasteiger partial charge in [-0.3, -0.25) is 4.90 Å². The maximum atomic E-state index is 12.1. The lowest BCUT2D eigenvalue weighted by atomic mass is 9.97. The van der Waals surface area contributed by atoms with Crippen LogP contribution in [-0.2, 0) is 16.0 Å². The van der Waals surface area contributed by atoms with E-state index in [1.165, 1.54) is 0 Å². The van der Waals surface area contributed by atoms with Gasteiger partial charge in [-0.05, 0) is 12.0 Å². The number of amides is 2. The monoisotopic (exact) mass is 333 g/mol. The molecule has 2 heterocycles. The Morgan fingerprint density at radius 1 is 1.12 bits per heavy atom. The number of rotatable bonds is 6. The van der Waals surface area contributed by atoms with Crippen molar-refractivity contribution in [1.82, 2.24) is 15.5 Å². The fourth-order valence-electron chi connectivity index (χ4n) is 3.40. The van der Waals surface area contributed by atoms with Crippen LogP contribution in [0.2, 0.25) is 0 Å². The van der Waals surface area contributed by atoms with Crippen molar-refractivity contribution in [2.24, 2.45) is 5.92 Å². The highest BCUT2D eigenvalue weighted by molar-refractivity contribution is 5.73. The standard InChI is InChI=1S/C18H27N3O3/c22-18(19-12-15-4-2-1-3-5-15)20-13-17(16-6-9-24-14-16)21-7-10-23-11-8-21/h1-5,16-17H,6-14H2,(H2,19,20,22)/t16-,17-/m1/s1. The highest BCUT2D eigenvalue weighted by atomic mass is 16.5. The lowest BCUT2D eigenvalue weighted by Gasteiger charge is -2.37. The molecule has 2 atom stereocenters. The minimum absolute atomic E-state index is 0.115. The molecule has 0 aliphatic carbocycles. The van der Waals surface area contributed by atoms with E-state index < -0.39 is 0 Å². The molecule has 6 nitrogen and oxygen atoms in total. The Kier molecular flexibility index (Phi) is 6.46. The number of hydrogen-bond donors (Lipinski definition) is 2. The van der Waals surface area contributed by atoms with Crippen LogP contribution in [0.1, 0.15) is 12.0 Å². The summed E-state index contributed by atoms with van der Waals surface area (Å²) < 4.78 is 11.0. The summed E-state index contributed by atoms with van der Waals surface area (Å²) in [4.78, 5) is 14.6. The topological polar surface area (TPSA) is 62.8 Å². The highest BCUT2D eigenvalue weighted by Crippen LogP contribution is 2.21. The van der Waals surface area contributed by atoms with Crippen LogP contribution in [0.25, 0.3) is 0 Å². The fraction of sp³-hybridized carbons (Fsp3) is 0.611. The van der Waals surface area contributed by atoms with Gasteiger partial charge in [-0.2, -0.15) is 0 Å².